The molecule has 0 radical (unpaired) electrons. The third-order valence-corrected chi connectivity index (χ3v) is 7.07. The Morgan fingerprint density at radius 1 is 1.28 bits per heavy atom. The molecule has 29 heavy (non-hydrogen) atoms. The number of rotatable bonds is 3. The van der Waals surface area contributed by atoms with E-state index >= 15 is 0 Å². The van der Waals surface area contributed by atoms with Crippen LogP contribution in [0.5, 0.6) is 0 Å². The maximum Gasteiger partial charge on any atom is 0.298 e. The number of nitrogens with one attached hydrogen (secondary N) is 2. The number of carbonyl (C=O) groups excluding carboxylic acids is 1. The molecule has 3 fully saturated rings. The van der Waals surface area contributed by atoms with Crippen LogP contribution in [0.3, 0.4) is 0 Å². The van der Waals surface area contributed by atoms with E-state index in [1.807, 2.05) is 18.2 Å². The molecular weight excluding hydrogens is 366 g/mol. The number of aromatic nitrogens is 1. The summed E-state index contributed by atoms with van der Waals surface area (Å²) in [5.41, 5.74) is 1.96. The first-order chi connectivity index (χ1) is 14.1. The van der Waals surface area contributed by atoms with Gasteiger partial charge in [-0.1, -0.05) is 12.5 Å². The van der Waals surface area contributed by atoms with Crippen molar-refractivity contribution in [2.24, 2.45) is 0 Å². The minimum atomic E-state index is -0.0311. The summed E-state index contributed by atoms with van der Waals surface area (Å²) in [6.07, 6.45) is 5.87. The predicted molar refractivity (Wildman–Crippen MR) is 113 cm³/mol. The van der Waals surface area contributed by atoms with Crippen molar-refractivity contribution in [3.63, 3.8) is 0 Å². The molecule has 3 aliphatic rings. The quantitative estimate of drug-likeness (QED) is 0.828. The van der Waals surface area contributed by atoms with E-state index in [9.17, 15) is 4.79 Å². The van der Waals surface area contributed by atoms with Gasteiger partial charge in [0.05, 0.1) is 5.56 Å². The minimum absolute atomic E-state index is 0.0311. The summed E-state index contributed by atoms with van der Waals surface area (Å²) in [6.45, 7) is 4.83. The van der Waals surface area contributed by atoms with Gasteiger partial charge in [0.2, 0.25) is 0 Å². The Kier molecular flexibility index (Phi) is 4.95. The van der Waals surface area contributed by atoms with Gasteiger partial charge < -0.3 is 24.9 Å². The molecule has 2 bridgehead atoms. The van der Waals surface area contributed by atoms with E-state index in [0.717, 1.165) is 32.5 Å². The van der Waals surface area contributed by atoms with Gasteiger partial charge in [-0.2, -0.15) is 4.98 Å². The van der Waals surface area contributed by atoms with Crippen molar-refractivity contribution in [3.8, 4) is 0 Å². The number of hydrogen-bond donors (Lipinski definition) is 2. The number of anilines is 1. The van der Waals surface area contributed by atoms with Gasteiger partial charge in [0.1, 0.15) is 5.52 Å². The number of piperidine rings is 2. The first-order valence-electron chi connectivity index (χ1n) is 11.0. The summed E-state index contributed by atoms with van der Waals surface area (Å²) in [5, 5.41) is 6.69. The molecule has 2 N–H and O–H groups in total. The van der Waals surface area contributed by atoms with Crippen LogP contribution in [-0.4, -0.2) is 66.6 Å². The fraction of sp³-hybridized carbons (Fsp3) is 0.636. The third-order valence-electron chi connectivity index (χ3n) is 7.07. The van der Waals surface area contributed by atoms with Crippen LogP contribution in [0.1, 0.15) is 49.4 Å². The molecule has 1 aromatic carbocycles. The number of nitrogens with zero attached hydrogens (tertiary/aromatic N) is 3. The molecule has 5 rings (SSSR count). The molecule has 4 heterocycles. The van der Waals surface area contributed by atoms with Gasteiger partial charge in [0.15, 0.2) is 5.58 Å². The molecular formula is C22H31N5O2. The highest BCUT2D eigenvalue weighted by Gasteiger charge is 2.36. The lowest BCUT2D eigenvalue weighted by Crippen LogP contribution is -2.55. The molecule has 3 unspecified atom stereocenters. The molecule has 3 aliphatic heterocycles. The second-order valence-corrected chi connectivity index (χ2v) is 8.94. The number of oxazole rings is 1. The second kappa shape index (κ2) is 7.61. The molecule has 3 atom stereocenters. The van der Waals surface area contributed by atoms with Gasteiger partial charge in [0, 0.05) is 43.8 Å². The summed E-state index contributed by atoms with van der Waals surface area (Å²) in [4.78, 5) is 22.6. The van der Waals surface area contributed by atoms with Crippen LogP contribution in [0.2, 0.25) is 0 Å². The summed E-state index contributed by atoms with van der Waals surface area (Å²) < 4.78 is 6.03. The smallest absolute Gasteiger partial charge is 0.298 e. The average Bonchev–Trinajstić information content (AvgIpc) is 3.13. The average molecular weight is 398 g/mol. The van der Waals surface area contributed by atoms with Crippen LogP contribution >= 0.6 is 0 Å². The molecule has 1 aromatic heterocycles. The van der Waals surface area contributed by atoms with Gasteiger partial charge in [-0.25, -0.2) is 0 Å². The van der Waals surface area contributed by atoms with Crippen molar-refractivity contribution in [2.75, 3.05) is 31.6 Å². The predicted octanol–water partition coefficient (Wildman–Crippen LogP) is 2.37. The molecule has 7 nitrogen and oxygen atoms in total. The summed E-state index contributed by atoms with van der Waals surface area (Å²) in [7, 11) is 2.24. The highest BCUT2D eigenvalue weighted by atomic mass is 16.4. The van der Waals surface area contributed by atoms with E-state index in [0.29, 0.717) is 40.8 Å². The zero-order valence-electron chi connectivity index (χ0n) is 17.4. The molecule has 1 amide bonds. The zero-order valence-corrected chi connectivity index (χ0v) is 17.4. The largest absolute Gasteiger partial charge is 0.423 e. The highest BCUT2D eigenvalue weighted by Crippen LogP contribution is 2.33. The molecule has 3 saturated heterocycles. The van der Waals surface area contributed by atoms with E-state index in [1.165, 1.54) is 19.3 Å². The number of piperazine rings is 1. The summed E-state index contributed by atoms with van der Waals surface area (Å²) >= 11 is 0. The highest BCUT2D eigenvalue weighted by molar-refractivity contribution is 6.04. The van der Waals surface area contributed by atoms with E-state index < -0.39 is 0 Å². The Labute approximate surface area is 171 Å². The van der Waals surface area contributed by atoms with Crippen LogP contribution in [-0.2, 0) is 0 Å². The maximum atomic E-state index is 13.1. The number of carbonyl (C=O) groups is 1. The Bertz CT molecular complexity index is 882. The lowest BCUT2D eigenvalue weighted by atomic mass is 9.82. The molecule has 156 valence electrons. The van der Waals surface area contributed by atoms with Crippen molar-refractivity contribution in [1.29, 1.82) is 0 Å². The van der Waals surface area contributed by atoms with E-state index in [-0.39, 0.29) is 11.9 Å². The first-order valence-corrected chi connectivity index (χ1v) is 11.0. The molecule has 0 spiro atoms. The van der Waals surface area contributed by atoms with Gasteiger partial charge in [0.25, 0.3) is 11.9 Å². The summed E-state index contributed by atoms with van der Waals surface area (Å²) in [5.74, 6) is -0.0311. The Morgan fingerprint density at radius 3 is 2.83 bits per heavy atom. The van der Waals surface area contributed by atoms with Crippen molar-refractivity contribution in [1.82, 2.24) is 20.5 Å². The maximum absolute atomic E-state index is 13.1. The van der Waals surface area contributed by atoms with Gasteiger partial charge in [-0.15, -0.1) is 0 Å². The van der Waals surface area contributed by atoms with E-state index in [4.69, 9.17) is 9.40 Å². The SMILES string of the molecule is CC1CNCCN1c1nc2c(C(=O)NC3CC4CCCC(C3)N4C)cccc2o1. The lowest BCUT2D eigenvalue weighted by molar-refractivity contribution is 0.0463. The zero-order chi connectivity index (χ0) is 20.0. The second-order valence-electron chi connectivity index (χ2n) is 8.94. The van der Waals surface area contributed by atoms with Crippen molar-refractivity contribution in [3.05, 3.63) is 23.8 Å². The fourth-order valence-electron chi connectivity index (χ4n) is 5.36. The van der Waals surface area contributed by atoms with E-state index in [2.05, 4.69) is 34.4 Å². The fourth-order valence-corrected chi connectivity index (χ4v) is 5.36. The third kappa shape index (κ3) is 3.51. The number of benzene rings is 1. The molecule has 0 aliphatic carbocycles. The molecule has 0 saturated carbocycles. The normalized spacial score (nSPS) is 30.5. The van der Waals surface area contributed by atoms with Crippen molar-refractivity contribution < 1.29 is 9.21 Å². The monoisotopic (exact) mass is 397 g/mol. The Hall–Kier alpha value is -2.12. The summed E-state index contributed by atoms with van der Waals surface area (Å²) in [6, 6.07) is 8.00. The van der Waals surface area contributed by atoms with E-state index in [1.54, 1.807) is 0 Å². The standard InChI is InChI=1S/C22H31N5O2/c1-14-13-23-9-10-27(14)22-25-20-18(7-4-8-19(20)29-22)21(28)24-15-11-16-5-3-6-17(12-15)26(16)2/h4,7-8,14-17,23H,3,5-6,9-13H2,1-2H3,(H,24,28). The number of amides is 1. The minimum Gasteiger partial charge on any atom is -0.423 e. The van der Waals surface area contributed by atoms with Crippen LogP contribution in [0.15, 0.2) is 22.6 Å². The van der Waals surface area contributed by atoms with Gasteiger partial charge >= 0.3 is 0 Å². The van der Waals surface area contributed by atoms with Crippen LogP contribution < -0.4 is 15.5 Å². The van der Waals surface area contributed by atoms with Crippen LogP contribution in [0, 0.1) is 0 Å². The number of hydrogen-bond acceptors (Lipinski definition) is 6. The molecule has 7 heteroatoms. The van der Waals surface area contributed by atoms with Gasteiger partial charge in [-0.05, 0) is 51.8 Å². The van der Waals surface area contributed by atoms with Gasteiger partial charge in [-0.3, -0.25) is 4.79 Å². The first kappa shape index (κ1) is 18.9. The number of fused-ring (bicyclic) bond motifs is 3. The number of para-hydroxylation sites is 1. The van der Waals surface area contributed by atoms with Crippen LogP contribution in [0.25, 0.3) is 11.1 Å². The van der Waals surface area contributed by atoms with Crippen LogP contribution in [0.4, 0.5) is 6.01 Å². The Morgan fingerprint density at radius 2 is 2.07 bits per heavy atom. The van der Waals surface area contributed by atoms with Crippen molar-refractivity contribution >= 4 is 23.0 Å². The molecule has 2 aromatic rings. The lowest BCUT2D eigenvalue weighted by Gasteiger charge is -2.47. The van der Waals surface area contributed by atoms with Crippen molar-refractivity contribution in [2.45, 2.75) is 63.2 Å². The topological polar surface area (TPSA) is 73.6 Å². The Balaban J connectivity index is 1.36.